The largest absolute Gasteiger partial charge is 0.340 e. The molecular formula is C14H20N2O4S. The number of carbonyl (C=O) groups excluding carboxylic acids is 2. The highest BCUT2D eigenvalue weighted by Gasteiger charge is 2.26. The van der Waals surface area contributed by atoms with E-state index >= 15 is 0 Å². The Hall–Kier alpha value is -1.89. The summed E-state index contributed by atoms with van der Waals surface area (Å²) in [5.74, 6) is -1.40. The molecule has 6 nitrogen and oxygen atoms in total. The molecule has 0 unspecified atom stereocenters. The first-order valence-corrected chi connectivity index (χ1v) is 8.39. The summed E-state index contributed by atoms with van der Waals surface area (Å²) in [6.07, 6.45) is 0.894. The molecule has 0 heterocycles. The van der Waals surface area contributed by atoms with Crippen LogP contribution in [-0.4, -0.2) is 32.5 Å². The molecule has 0 aliphatic carbocycles. The van der Waals surface area contributed by atoms with E-state index in [1.807, 2.05) is 10.8 Å². The Balaban J connectivity index is 2.92. The Morgan fingerprint density at radius 2 is 1.71 bits per heavy atom. The molecule has 1 atom stereocenters. The maximum absolute atomic E-state index is 12.2. The molecule has 2 N–H and O–H groups in total. The fourth-order valence-corrected chi connectivity index (χ4v) is 2.32. The fraction of sp³-hybridized carbons (Fsp3) is 0.429. The summed E-state index contributed by atoms with van der Waals surface area (Å²) in [5, 5.41) is 2.58. The lowest BCUT2D eigenvalue weighted by Gasteiger charge is -2.21. The number of hydrogen-bond acceptors (Lipinski definition) is 4. The zero-order chi connectivity index (χ0) is 16.2. The number of hydrogen-bond donors (Lipinski definition) is 2. The molecule has 7 heteroatoms. The number of rotatable bonds is 5. The van der Waals surface area contributed by atoms with Crippen molar-refractivity contribution < 1.29 is 18.0 Å². The average Bonchev–Trinajstić information content (AvgIpc) is 2.33. The third kappa shape index (κ3) is 5.18. The average molecular weight is 312 g/mol. The lowest BCUT2D eigenvalue weighted by atomic mass is 10.0. The molecule has 0 spiro atoms. The van der Waals surface area contributed by atoms with Gasteiger partial charge in [0.25, 0.3) is 11.8 Å². The number of amides is 2. The number of nitrogens with one attached hydrogen (secondary N) is 2. The maximum atomic E-state index is 12.2. The standard InChI is InChI=1S/C14H20N2O4S/c1-9(2)12(14(18)16-21(4,19)20)15-13(17)11-8-6-5-7-10(11)3/h5-9,12H,1-4H3,(H,15,17)(H,16,18)/t12-/m1/s1. The summed E-state index contributed by atoms with van der Waals surface area (Å²) in [6, 6.07) is 6.05. The van der Waals surface area contributed by atoms with Crippen LogP contribution in [-0.2, 0) is 14.8 Å². The second-order valence-electron chi connectivity index (χ2n) is 5.25. The Morgan fingerprint density at radius 3 is 2.19 bits per heavy atom. The van der Waals surface area contributed by atoms with Crippen molar-refractivity contribution in [3.63, 3.8) is 0 Å². The number of benzene rings is 1. The van der Waals surface area contributed by atoms with Crippen molar-refractivity contribution in [3.05, 3.63) is 35.4 Å². The van der Waals surface area contributed by atoms with Crippen LogP contribution in [0.25, 0.3) is 0 Å². The lowest BCUT2D eigenvalue weighted by Crippen LogP contribution is -2.50. The van der Waals surface area contributed by atoms with E-state index in [0.29, 0.717) is 5.56 Å². The van der Waals surface area contributed by atoms with Crippen LogP contribution in [0.1, 0.15) is 29.8 Å². The first-order chi connectivity index (χ1) is 9.61. The van der Waals surface area contributed by atoms with E-state index in [2.05, 4.69) is 5.32 Å². The number of carbonyl (C=O) groups is 2. The van der Waals surface area contributed by atoms with Gasteiger partial charge in [0.2, 0.25) is 10.0 Å². The van der Waals surface area contributed by atoms with Crippen molar-refractivity contribution in [2.75, 3.05) is 6.26 Å². The van der Waals surface area contributed by atoms with Crippen molar-refractivity contribution in [1.82, 2.24) is 10.0 Å². The van der Waals surface area contributed by atoms with Gasteiger partial charge >= 0.3 is 0 Å². The molecular weight excluding hydrogens is 292 g/mol. The Bertz CT molecular complexity index is 638. The first-order valence-electron chi connectivity index (χ1n) is 6.50. The summed E-state index contributed by atoms with van der Waals surface area (Å²) in [5.41, 5.74) is 1.23. The van der Waals surface area contributed by atoms with Gasteiger partial charge in [-0.2, -0.15) is 0 Å². The summed E-state index contributed by atoms with van der Waals surface area (Å²) >= 11 is 0. The van der Waals surface area contributed by atoms with E-state index in [0.717, 1.165) is 11.8 Å². The van der Waals surface area contributed by atoms with E-state index in [-0.39, 0.29) is 5.92 Å². The van der Waals surface area contributed by atoms with E-state index in [9.17, 15) is 18.0 Å². The van der Waals surface area contributed by atoms with Gasteiger partial charge in [-0.15, -0.1) is 0 Å². The fourth-order valence-electron chi connectivity index (χ4n) is 1.83. The van der Waals surface area contributed by atoms with E-state index < -0.39 is 27.9 Å². The van der Waals surface area contributed by atoms with Gasteiger partial charge in [0.1, 0.15) is 6.04 Å². The second-order valence-corrected chi connectivity index (χ2v) is 7.00. The van der Waals surface area contributed by atoms with Gasteiger partial charge in [0, 0.05) is 5.56 Å². The van der Waals surface area contributed by atoms with Crippen LogP contribution in [0, 0.1) is 12.8 Å². The molecule has 1 aromatic carbocycles. The van der Waals surface area contributed by atoms with Crippen LogP contribution in [0.3, 0.4) is 0 Å². The summed E-state index contributed by atoms with van der Waals surface area (Å²) in [7, 11) is -3.66. The van der Waals surface area contributed by atoms with Crippen LogP contribution >= 0.6 is 0 Å². The topological polar surface area (TPSA) is 92.3 Å². The zero-order valence-electron chi connectivity index (χ0n) is 12.5. The van der Waals surface area contributed by atoms with Gasteiger partial charge < -0.3 is 5.32 Å². The third-order valence-corrected chi connectivity index (χ3v) is 3.48. The normalized spacial score (nSPS) is 12.8. The minimum absolute atomic E-state index is 0.250. The smallest absolute Gasteiger partial charge is 0.256 e. The van der Waals surface area contributed by atoms with Gasteiger partial charge in [0.05, 0.1) is 6.26 Å². The van der Waals surface area contributed by atoms with Crippen molar-refractivity contribution in [1.29, 1.82) is 0 Å². The molecule has 21 heavy (non-hydrogen) atoms. The monoisotopic (exact) mass is 312 g/mol. The van der Waals surface area contributed by atoms with Crippen molar-refractivity contribution in [2.45, 2.75) is 26.8 Å². The van der Waals surface area contributed by atoms with Crippen LogP contribution in [0.15, 0.2) is 24.3 Å². The molecule has 0 saturated heterocycles. The SMILES string of the molecule is Cc1ccccc1C(=O)N[C@@H](C(=O)NS(C)(=O)=O)C(C)C. The van der Waals surface area contributed by atoms with Gasteiger partial charge in [0.15, 0.2) is 0 Å². The second kappa shape index (κ2) is 6.71. The third-order valence-electron chi connectivity index (χ3n) is 2.91. The van der Waals surface area contributed by atoms with E-state index in [4.69, 9.17) is 0 Å². The summed E-state index contributed by atoms with van der Waals surface area (Å²) in [4.78, 5) is 24.2. The molecule has 0 radical (unpaired) electrons. The zero-order valence-corrected chi connectivity index (χ0v) is 13.3. The minimum atomic E-state index is -3.66. The highest BCUT2D eigenvalue weighted by molar-refractivity contribution is 7.89. The number of aryl methyl sites for hydroxylation is 1. The van der Waals surface area contributed by atoms with Crippen LogP contribution in [0.5, 0.6) is 0 Å². The predicted molar refractivity (Wildman–Crippen MR) is 80.3 cm³/mol. The molecule has 1 rings (SSSR count). The van der Waals surface area contributed by atoms with Gasteiger partial charge in [-0.05, 0) is 24.5 Å². The Kier molecular flexibility index (Phi) is 5.48. The van der Waals surface area contributed by atoms with Crippen LogP contribution < -0.4 is 10.0 Å². The number of sulfonamides is 1. The van der Waals surface area contributed by atoms with Crippen LogP contribution in [0.2, 0.25) is 0 Å². The quantitative estimate of drug-likeness (QED) is 0.842. The lowest BCUT2D eigenvalue weighted by molar-refractivity contribution is -0.122. The summed E-state index contributed by atoms with van der Waals surface area (Å²) in [6.45, 7) is 5.24. The van der Waals surface area contributed by atoms with E-state index in [1.54, 1.807) is 39.0 Å². The highest BCUT2D eigenvalue weighted by Crippen LogP contribution is 2.09. The van der Waals surface area contributed by atoms with Gasteiger partial charge in [-0.1, -0.05) is 32.0 Å². The van der Waals surface area contributed by atoms with Gasteiger partial charge in [-0.25, -0.2) is 8.42 Å². The maximum Gasteiger partial charge on any atom is 0.256 e. The Labute approximate surface area is 125 Å². The molecule has 0 aromatic heterocycles. The molecule has 0 aliphatic rings. The molecule has 1 aromatic rings. The molecule has 0 aliphatic heterocycles. The Morgan fingerprint density at radius 1 is 1.14 bits per heavy atom. The molecule has 2 amide bonds. The first kappa shape index (κ1) is 17.2. The predicted octanol–water partition coefficient (Wildman–Crippen LogP) is 0.825. The van der Waals surface area contributed by atoms with Crippen molar-refractivity contribution >= 4 is 21.8 Å². The molecule has 116 valence electrons. The minimum Gasteiger partial charge on any atom is -0.340 e. The van der Waals surface area contributed by atoms with Gasteiger partial charge in [-0.3, -0.25) is 14.3 Å². The highest BCUT2D eigenvalue weighted by atomic mass is 32.2. The molecule has 0 saturated carbocycles. The van der Waals surface area contributed by atoms with Crippen molar-refractivity contribution in [2.24, 2.45) is 5.92 Å². The molecule has 0 fully saturated rings. The van der Waals surface area contributed by atoms with Crippen LogP contribution in [0.4, 0.5) is 0 Å². The van der Waals surface area contributed by atoms with Crippen molar-refractivity contribution in [3.8, 4) is 0 Å². The summed E-state index contributed by atoms with van der Waals surface area (Å²) < 4.78 is 24.2. The molecule has 0 bridgehead atoms. The van der Waals surface area contributed by atoms with E-state index in [1.165, 1.54) is 0 Å².